The van der Waals surface area contributed by atoms with E-state index in [0.717, 1.165) is 25.7 Å². The van der Waals surface area contributed by atoms with Gasteiger partial charge < -0.3 is 10.6 Å². The maximum Gasteiger partial charge on any atom is 0.230 e. The van der Waals surface area contributed by atoms with Crippen molar-refractivity contribution >= 4 is 15.7 Å². The van der Waals surface area contributed by atoms with Crippen LogP contribution in [0.4, 0.5) is 0 Å². The Labute approximate surface area is 121 Å². The lowest BCUT2D eigenvalue weighted by Crippen LogP contribution is -2.52. The van der Waals surface area contributed by atoms with Crippen LogP contribution in [0.2, 0.25) is 0 Å². The van der Waals surface area contributed by atoms with Crippen molar-refractivity contribution in [2.24, 2.45) is 11.1 Å². The van der Waals surface area contributed by atoms with E-state index in [1.54, 1.807) is 4.90 Å². The van der Waals surface area contributed by atoms with Crippen molar-refractivity contribution in [3.63, 3.8) is 0 Å². The molecule has 0 radical (unpaired) electrons. The van der Waals surface area contributed by atoms with Gasteiger partial charge in [0.2, 0.25) is 5.91 Å². The molecule has 0 aromatic rings. The predicted molar refractivity (Wildman–Crippen MR) is 79.0 cm³/mol. The molecule has 0 bridgehead atoms. The van der Waals surface area contributed by atoms with E-state index in [1.807, 2.05) is 6.92 Å². The van der Waals surface area contributed by atoms with Crippen molar-refractivity contribution in [1.82, 2.24) is 4.90 Å². The fourth-order valence-electron chi connectivity index (χ4n) is 3.63. The highest BCUT2D eigenvalue weighted by molar-refractivity contribution is 7.91. The van der Waals surface area contributed by atoms with E-state index >= 15 is 0 Å². The van der Waals surface area contributed by atoms with Gasteiger partial charge in [-0.3, -0.25) is 4.79 Å². The highest BCUT2D eigenvalue weighted by Gasteiger charge is 2.44. The van der Waals surface area contributed by atoms with E-state index in [0.29, 0.717) is 19.5 Å². The molecule has 1 aliphatic heterocycles. The van der Waals surface area contributed by atoms with Crippen LogP contribution < -0.4 is 5.73 Å². The molecule has 0 aromatic heterocycles. The minimum atomic E-state index is -2.97. The normalized spacial score (nSPS) is 28.2. The molecule has 1 aliphatic carbocycles. The lowest BCUT2D eigenvalue weighted by molar-refractivity contribution is -0.145. The van der Waals surface area contributed by atoms with Gasteiger partial charge in [0.15, 0.2) is 9.84 Å². The molecule has 1 unspecified atom stereocenters. The molecular formula is C14H26N2O3S. The topological polar surface area (TPSA) is 80.5 Å². The molecule has 0 spiro atoms. The van der Waals surface area contributed by atoms with E-state index in [1.165, 1.54) is 6.42 Å². The number of amides is 1. The quantitative estimate of drug-likeness (QED) is 0.838. The average molecular weight is 302 g/mol. The Morgan fingerprint density at radius 3 is 2.40 bits per heavy atom. The molecule has 2 aliphatic rings. The van der Waals surface area contributed by atoms with E-state index < -0.39 is 15.3 Å². The average Bonchev–Trinajstić information content (AvgIpc) is 2.80. The second-order valence-corrected chi connectivity index (χ2v) is 8.42. The summed E-state index contributed by atoms with van der Waals surface area (Å²) in [6.45, 7) is 2.87. The third kappa shape index (κ3) is 3.01. The van der Waals surface area contributed by atoms with Gasteiger partial charge in [-0.05, 0) is 26.2 Å². The number of carbonyl (C=O) groups is 1. The van der Waals surface area contributed by atoms with E-state index in [4.69, 9.17) is 5.73 Å². The van der Waals surface area contributed by atoms with Crippen LogP contribution in [0.25, 0.3) is 0 Å². The standard InChI is InChI=1S/C14H26N2O3S/c1-2-16(12-6-9-20(18,19)10-12)13(17)14(11-15)7-4-3-5-8-14/h12H,2-11,15H2,1H3. The largest absolute Gasteiger partial charge is 0.338 e. The number of nitrogens with two attached hydrogens (primary N) is 1. The molecule has 116 valence electrons. The first-order valence-corrected chi connectivity index (χ1v) is 9.48. The Balaban J connectivity index is 2.16. The molecule has 2 rings (SSSR count). The van der Waals surface area contributed by atoms with E-state index in [9.17, 15) is 13.2 Å². The van der Waals surface area contributed by atoms with Gasteiger partial charge in [-0.1, -0.05) is 19.3 Å². The number of hydrogen-bond donors (Lipinski definition) is 1. The fraction of sp³-hybridized carbons (Fsp3) is 0.929. The van der Waals surface area contributed by atoms with Crippen molar-refractivity contribution in [1.29, 1.82) is 0 Å². The van der Waals surface area contributed by atoms with Gasteiger partial charge in [0.25, 0.3) is 0 Å². The van der Waals surface area contributed by atoms with E-state index in [-0.39, 0.29) is 23.5 Å². The van der Waals surface area contributed by atoms with Crippen molar-refractivity contribution in [3.8, 4) is 0 Å². The summed E-state index contributed by atoms with van der Waals surface area (Å²) in [4.78, 5) is 14.7. The summed E-state index contributed by atoms with van der Waals surface area (Å²) in [5.41, 5.74) is 5.47. The van der Waals surface area contributed by atoms with Crippen molar-refractivity contribution in [3.05, 3.63) is 0 Å². The summed E-state index contributed by atoms with van der Waals surface area (Å²) in [7, 11) is -2.97. The highest BCUT2D eigenvalue weighted by Crippen LogP contribution is 2.38. The summed E-state index contributed by atoms with van der Waals surface area (Å²) < 4.78 is 23.3. The monoisotopic (exact) mass is 302 g/mol. The fourth-order valence-corrected chi connectivity index (χ4v) is 5.36. The molecule has 6 heteroatoms. The van der Waals surface area contributed by atoms with Crippen LogP contribution in [-0.2, 0) is 14.6 Å². The molecule has 1 heterocycles. The van der Waals surface area contributed by atoms with Crippen LogP contribution >= 0.6 is 0 Å². The van der Waals surface area contributed by atoms with Crippen molar-refractivity contribution in [2.75, 3.05) is 24.6 Å². The first-order chi connectivity index (χ1) is 9.44. The molecule has 2 fully saturated rings. The van der Waals surface area contributed by atoms with Crippen LogP contribution in [0.1, 0.15) is 45.4 Å². The number of carbonyl (C=O) groups excluding carboxylic acids is 1. The Hall–Kier alpha value is -0.620. The summed E-state index contributed by atoms with van der Waals surface area (Å²) in [5, 5.41) is 0. The second kappa shape index (κ2) is 6.02. The number of nitrogens with zero attached hydrogens (tertiary/aromatic N) is 1. The van der Waals surface area contributed by atoms with Gasteiger partial charge in [0.05, 0.1) is 16.9 Å². The van der Waals surface area contributed by atoms with Gasteiger partial charge in [-0.15, -0.1) is 0 Å². The first kappa shape index (κ1) is 15.8. The van der Waals surface area contributed by atoms with Crippen molar-refractivity contribution in [2.45, 2.75) is 51.5 Å². The summed E-state index contributed by atoms with van der Waals surface area (Å²) >= 11 is 0. The van der Waals surface area contributed by atoms with Gasteiger partial charge in [-0.25, -0.2) is 8.42 Å². The Bertz CT molecular complexity index is 455. The minimum Gasteiger partial charge on any atom is -0.338 e. The van der Waals surface area contributed by atoms with Gasteiger partial charge >= 0.3 is 0 Å². The molecule has 1 saturated carbocycles. The molecule has 5 nitrogen and oxygen atoms in total. The molecule has 20 heavy (non-hydrogen) atoms. The highest BCUT2D eigenvalue weighted by atomic mass is 32.2. The summed E-state index contributed by atoms with van der Waals surface area (Å²) in [6.07, 6.45) is 5.52. The Morgan fingerprint density at radius 1 is 1.30 bits per heavy atom. The predicted octanol–water partition coefficient (Wildman–Crippen LogP) is 0.931. The Morgan fingerprint density at radius 2 is 1.95 bits per heavy atom. The molecule has 2 N–H and O–H groups in total. The zero-order chi connectivity index (χ0) is 14.8. The second-order valence-electron chi connectivity index (χ2n) is 6.19. The maximum absolute atomic E-state index is 12.9. The lowest BCUT2D eigenvalue weighted by atomic mass is 9.73. The summed E-state index contributed by atoms with van der Waals surface area (Å²) in [5.74, 6) is 0.411. The Kier molecular flexibility index (Phi) is 4.74. The molecule has 0 aromatic carbocycles. The van der Waals surface area contributed by atoms with Crippen LogP contribution in [-0.4, -0.2) is 49.9 Å². The zero-order valence-corrected chi connectivity index (χ0v) is 13.1. The number of sulfone groups is 1. The van der Waals surface area contributed by atoms with Crippen LogP contribution in [0.15, 0.2) is 0 Å². The van der Waals surface area contributed by atoms with Gasteiger partial charge in [0, 0.05) is 19.1 Å². The smallest absolute Gasteiger partial charge is 0.230 e. The number of hydrogen-bond acceptors (Lipinski definition) is 4. The van der Waals surface area contributed by atoms with Crippen LogP contribution in [0.5, 0.6) is 0 Å². The van der Waals surface area contributed by atoms with Crippen molar-refractivity contribution < 1.29 is 13.2 Å². The third-order valence-electron chi connectivity index (χ3n) is 4.91. The minimum absolute atomic E-state index is 0.0873. The van der Waals surface area contributed by atoms with Crippen LogP contribution in [0, 0.1) is 5.41 Å². The molecule has 1 amide bonds. The SMILES string of the molecule is CCN(C(=O)C1(CN)CCCCC1)C1CCS(=O)(=O)C1. The molecule has 1 saturated heterocycles. The molecule has 1 atom stereocenters. The zero-order valence-electron chi connectivity index (χ0n) is 12.3. The van der Waals surface area contributed by atoms with E-state index in [2.05, 4.69) is 0 Å². The lowest BCUT2D eigenvalue weighted by Gasteiger charge is -2.40. The third-order valence-corrected chi connectivity index (χ3v) is 6.66. The van der Waals surface area contributed by atoms with Gasteiger partial charge in [-0.2, -0.15) is 0 Å². The first-order valence-electron chi connectivity index (χ1n) is 7.66. The summed E-state index contributed by atoms with van der Waals surface area (Å²) in [6, 6.07) is -0.150. The van der Waals surface area contributed by atoms with Crippen LogP contribution in [0.3, 0.4) is 0 Å². The molecular weight excluding hydrogens is 276 g/mol. The maximum atomic E-state index is 12.9. The number of rotatable bonds is 4. The van der Waals surface area contributed by atoms with Gasteiger partial charge in [0.1, 0.15) is 0 Å².